The van der Waals surface area contributed by atoms with Gasteiger partial charge in [-0.2, -0.15) is 13.2 Å². The third kappa shape index (κ3) is 2.71. The van der Waals surface area contributed by atoms with Crippen molar-refractivity contribution in [3.63, 3.8) is 0 Å². The van der Waals surface area contributed by atoms with Gasteiger partial charge in [0.25, 0.3) is 0 Å². The van der Waals surface area contributed by atoms with Gasteiger partial charge in [0.1, 0.15) is 5.75 Å². The van der Waals surface area contributed by atoms with Gasteiger partial charge < -0.3 is 9.46 Å². The number of rotatable bonds is 4. The number of hydrogen-bond acceptors (Lipinski definition) is 4. The highest BCUT2D eigenvalue weighted by molar-refractivity contribution is 8.16. The Balaban J connectivity index is 1.99. The predicted molar refractivity (Wildman–Crippen MR) is 77.6 cm³/mol. The fourth-order valence-corrected chi connectivity index (χ4v) is 4.48. The Kier molecular flexibility index (Phi) is 3.65. The lowest BCUT2D eigenvalue weighted by molar-refractivity contribution is -0.0487. The van der Waals surface area contributed by atoms with Crippen LogP contribution in [0.3, 0.4) is 0 Å². The van der Waals surface area contributed by atoms with Crippen molar-refractivity contribution < 1.29 is 13.5 Å². The van der Waals surface area contributed by atoms with E-state index in [-0.39, 0.29) is 16.4 Å². The predicted octanol–water partition coefficient (Wildman–Crippen LogP) is 4.09. The van der Waals surface area contributed by atoms with E-state index >= 15 is 0 Å². The van der Waals surface area contributed by atoms with E-state index in [1.54, 1.807) is 12.1 Å². The van der Waals surface area contributed by atoms with Gasteiger partial charge in [0.2, 0.25) is 0 Å². The molecule has 1 aromatic carbocycles. The summed E-state index contributed by atoms with van der Waals surface area (Å²) in [5, 5.41) is 2.88. The van der Waals surface area contributed by atoms with Gasteiger partial charge in [-0.25, -0.2) is 0 Å². The Morgan fingerprint density at radius 2 is 2.32 bits per heavy atom. The van der Waals surface area contributed by atoms with Gasteiger partial charge in [-0.3, -0.25) is 0 Å². The van der Waals surface area contributed by atoms with Crippen LogP contribution in [0.4, 0.5) is 14.6 Å². The maximum Gasteiger partial charge on any atom is 0.387 e. The molecule has 0 aliphatic carbocycles. The molecule has 1 aromatic heterocycles. The summed E-state index contributed by atoms with van der Waals surface area (Å²) in [7, 11) is -0.00754. The number of fused-ring (bicyclic) bond motifs is 1. The summed E-state index contributed by atoms with van der Waals surface area (Å²) in [4.78, 5) is 0. The van der Waals surface area contributed by atoms with E-state index in [1.165, 1.54) is 18.0 Å². The summed E-state index contributed by atoms with van der Waals surface area (Å²) < 4.78 is 37.9. The van der Waals surface area contributed by atoms with Gasteiger partial charge in [-0.15, -0.1) is 0 Å². The molecule has 0 saturated carbocycles. The molecule has 1 aliphatic rings. The molecule has 0 saturated heterocycles. The Hall–Kier alpha value is -1.21. The second kappa shape index (κ2) is 5.42. The Labute approximate surface area is 115 Å². The van der Waals surface area contributed by atoms with Crippen LogP contribution in [0.2, 0.25) is 0 Å². The normalized spacial score (nSPS) is 18.8. The molecule has 2 aromatic rings. The second-order valence-corrected chi connectivity index (χ2v) is 6.69. The van der Waals surface area contributed by atoms with Crippen LogP contribution in [0.1, 0.15) is 12.8 Å². The lowest BCUT2D eigenvalue weighted by Gasteiger charge is -2.09. The zero-order chi connectivity index (χ0) is 13.2. The topological polar surface area (TPSA) is 34.1 Å². The van der Waals surface area contributed by atoms with Gasteiger partial charge in [0.15, 0.2) is 5.82 Å². The average molecular weight is 302 g/mol. The summed E-state index contributed by atoms with van der Waals surface area (Å²) in [6.45, 7) is -2.82. The van der Waals surface area contributed by atoms with Crippen LogP contribution in [-0.4, -0.2) is 22.1 Å². The van der Waals surface area contributed by atoms with Crippen LogP contribution in [0.5, 0.6) is 5.75 Å². The van der Waals surface area contributed by atoms with Gasteiger partial charge >= 0.3 is 6.61 Å². The van der Waals surface area contributed by atoms with E-state index in [0.29, 0.717) is 11.2 Å². The molecule has 3 nitrogen and oxygen atoms in total. The van der Waals surface area contributed by atoms with Crippen molar-refractivity contribution in [2.45, 2.75) is 19.5 Å². The third-order valence-corrected chi connectivity index (χ3v) is 5.42. The van der Waals surface area contributed by atoms with Crippen LogP contribution >= 0.6 is 22.2 Å². The summed E-state index contributed by atoms with van der Waals surface area (Å²) in [5.74, 6) is 1.92. The lowest BCUT2D eigenvalue weighted by Crippen LogP contribution is -2.02. The highest BCUT2D eigenvalue weighted by Crippen LogP contribution is 2.38. The van der Waals surface area contributed by atoms with Crippen molar-refractivity contribution in [2.24, 2.45) is 0 Å². The molecule has 1 unspecified atom stereocenters. The molecule has 102 valence electrons. The highest BCUT2D eigenvalue weighted by Gasteiger charge is 2.16. The summed E-state index contributed by atoms with van der Waals surface area (Å²) in [6, 6.07) is 5.11. The van der Waals surface area contributed by atoms with Crippen molar-refractivity contribution in [1.82, 2.24) is 4.37 Å². The minimum absolute atomic E-state index is 0.00754. The van der Waals surface area contributed by atoms with Crippen LogP contribution in [0, 0.1) is 0 Å². The minimum atomic E-state index is -2.82. The Morgan fingerprint density at radius 3 is 3.05 bits per heavy atom. The number of anilines is 1. The second-order valence-electron chi connectivity index (χ2n) is 4.08. The molecule has 1 aliphatic heterocycles. The van der Waals surface area contributed by atoms with Crippen molar-refractivity contribution >= 4 is 43.5 Å². The number of halogens is 2. The number of alkyl halides is 2. The molecule has 0 bridgehead atoms. The smallest absolute Gasteiger partial charge is 0.387 e. The van der Waals surface area contributed by atoms with Gasteiger partial charge in [0, 0.05) is 5.75 Å². The molecule has 0 spiro atoms. The number of benzene rings is 1. The summed E-state index contributed by atoms with van der Waals surface area (Å²) >= 11 is 1.29. The Bertz CT molecular complexity index is 627. The first kappa shape index (κ1) is 12.8. The van der Waals surface area contributed by atoms with Crippen molar-refractivity contribution in [3.05, 3.63) is 18.2 Å². The number of hydrogen-bond donors (Lipinski definition) is 1. The van der Waals surface area contributed by atoms with E-state index in [4.69, 9.17) is 0 Å². The molecule has 1 N–H and O–H groups in total. The largest absolute Gasteiger partial charge is 0.434 e. The first-order chi connectivity index (χ1) is 9.24. The minimum Gasteiger partial charge on any atom is -0.434 e. The average Bonchev–Trinajstić information content (AvgIpc) is 3.00. The molecular weight excluding hydrogens is 290 g/mol. The Morgan fingerprint density at radius 1 is 1.42 bits per heavy atom. The third-order valence-electron chi connectivity index (χ3n) is 2.79. The molecule has 1 atom stereocenters. The van der Waals surface area contributed by atoms with Crippen LogP contribution in [0.15, 0.2) is 18.2 Å². The van der Waals surface area contributed by atoms with E-state index in [1.807, 2.05) is 6.07 Å². The maximum atomic E-state index is 12.4. The zero-order valence-electron chi connectivity index (χ0n) is 9.94. The number of ether oxygens (including phenoxy) is 1. The van der Waals surface area contributed by atoms with Gasteiger partial charge in [-0.1, -0.05) is 16.7 Å². The molecule has 3 rings (SSSR count). The van der Waals surface area contributed by atoms with Crippen LogP contribution in [-0.2, 0) is 0 Å². The summed E-state index contributed by atoms with van der Waals surface area (Å²) in [5.41, 5.74) is 0. The molecule has 19 heavy (non-hydrogen) atoms. The summed E-state index contributed by atoms with van der Waals surface area (Å²) in [6.07, 6.45) is 2.26. The monoisotopic (exact) mass is 302 g/mol. The lowest BCUT2D eigenvalue weighted by atomic mass is 10.2. The maximum absolute atomic E-state index is 12.4. The van der Waals surface area contributed by atoms with E-state index < -0.39 is 6.61 Å². The SMILES string of the molecule is FC(F)Oc1cccc2snc(NS3=CCCC3)c12. The standard InChI is InChI=1S/C12H12F2N2OS2/c13-12(14)17-8-4-3-5-9-10(8)11(15-18-9)16-19-6-1-2-7-19/h3-6,12H,1-2,7H2,(H,15,16). The fourth-order valence-electron chi connectivity index (χ4n) is 1.99. The molecule has 2 heterocycles. The number of nitrogens with zero attached hydrogens (tertiary/aromatic N) is 1. The highest BCUT2D eigenvalue weighted by atomic mass is 32.2. The van der Waals surface area contributed by atoms with E-state index in [9.17, 15) is 8.78 Å². The van der Waals surface area contributed by atoms with Gasteiger partial charge in [0.05, 0.1) is 10.1 Å². The van der Waals surface area contributed by atoms with Crippen LogP contribution < -0.4 is 9.46 Å². The molecule has 0 amide bonds. The van der Waals surface area contributed by atoms with E-state index in [0.717, 1.165) is 16.9 Å². The van der Waals surface area contributed by atoms with Crippen LogP contribution in [0.25, 0.3) is 10.1 Å². The van der Waals surface area contributed by atoms with Gasteiger partial charge in [-0.05, 0) is 41.9 Å². The number of aromatic nitrogens is 1. The molecule has 0 radical (unpaired) electrons. The quantitative estimate of drug-likeness (QED) is 0.864. The molecular formula is C12H12F2N2OS2. The molecule has 7 heteroatoms. The molecule has 0 fully saturated rings. The van der Waals surface area contributed by atoms with Crippen molar-refractivity contribution in [1.29, 1.82) is 0 Å². The fraction of sp³-hybridized carbons (Fsp3) is 0.333. The van der Waals surface area contributed by atoms with Crippen molar-refractivity contribution in [2.75, 3.05) is 10.5 Å². The van der Waals surface area contributed by atoms with Crippen molar-refractivity contribution in [3.8, 4) is 5.75 Å². The first-order valence-electron chi connectivity index (χ1n) is 5.87. The number of nitrogens with one attached hydrogen (secondary N) is 1. The zero-order valence-corrected chi connectivity index (χ0v) is 11.6. The van der Waals surface area contributed by atoms with E-state index in [2.05, 4.69) is 19.2 Å². The first-order valence-corrected chi connectivity index (χ1v) is 8.10.